The molecule has 0 bridgehead atoms. The van der Waals surface area contributed by atoms with Gasteiger partial charge in [0.15, 0.2) is 5.82 Å². The number of carbonyl (C=O) groups excluding carboxylic acids is 1. The minimum Gasteiger partial charge on any atom is -0.321 e. The number of hydrogen-bond donors (Lipinski definition) is 2. The van der Waals surface area contributed by atoms with Crippen LogP contribution in [0.5, 0.6) is 0 Å². The second kappa shape index (κ2) is 6.66. The first kappa shape index (κ1) is 14.9. The van der Waals surface area contributed by atoms with Gasteiger partial charge in [-0.3, -0.25) is 4.79 Å². The van der Waals surface area contributed by atoms with Crippen LogP contribution in [0.25, 0.3) is 0 Å². The largest absolute Gasteiger partial charge is 0.321 e. The Morgan fingerprint density at radius 3 is 2.72 bits per heavy atom. The Morgan fingerprint density at radius 2 is 2.17 bits per heavy atom. The Hall–Kier alpha value is -1.20. The molecule has 1 aromatic carbocycles. The van der Waals surface area contributed by atoms with Crippen LogP contribution in [-0.4, -0.2) is 11.9 Å². The van der Waals surface area contributed by atoms with Gasteiger partial charge in [0.1, 0.15) is 5.82 Å². The summed E-state index contributed by atoms with van der Waals surface area (Å²) < 4.78 is 26.2. The van der Waals surface area contributed by atoms with Crippen molar-refractivity contribution in [2.75, 3.05) is 5.32 Å². The summed E-state index contributed by atoms with van der Waals surface area (Å²) in [4.78, 5) is 11.7. The molecule has 0 aliphatic rings. The molecule has 0 heterocycles. The maximum atomic E-state index is 13.4. The van der Waals surface area contributed by atoms with Crippen LogP contribution in [0.1, 0.15) is 26.2 Å². The molecule has 1 atom stereocenters. The number of amides is 1. The van der Waals surface area contributed by atoms with Gasteiger partial charge >= 0.3 is 0 Å². The van der Waals surface area contributed by atoms with E-state index in [1.807, 2.05) is 6.92 Å². The lowest BCUT2D eigenvalue weighted by Gasteiger charge is -2.13. The van der Waals surface area contributed by atoms with Gasteiger partial charge < -0.3 is 11.1 Å². The average molecular weight is 277 g/mol. The average Bonchev–Trinajstić information content (AvgIpc) is 2.30. The molecule has 0 aromatic heterocycles. The van der Waals surface area contributed by atoms with Crippen LogP contribution in [0, 0.1) is 11.6 Å². The molecule has 3 N–H and O–H groups in total. The van der Waals surface area contributed by atoms with Crippen LogP contribution in [0.3, 0.4) is 0 Å². The fourth-order valence-corrected chi connectivity index (χ4v) is 1.67. The minimum absolute atomic E-state index is 0.191. The normalized spacial score (nSPS) is 12.3. The van der Waals surface area contributed by atoms with Crippen molar-refractivity contribution in [3.63, 3.8) is 0 Å². The lowest BCUT2D eigenvalue weighted by Crippen LogP contribution is -2.35. The number of anilines is 1. The lowest BCUT2D eigenvalue weighted by molar-refractivity contribution is -0.117. The molecule has 0 aliphatic carbocycles. The molecule has 0 radical (unpaired) electrons. The van der Waals surface area contributed by atoms with Crippen molar-refractivity contribution in [1.82, 2.24) is 0 Å². The molecule has 1 rings (SSSR count). The molecule has 6 heteroatoms. The monoisotopic (exact) mass is 276 g/mol. The van der Waals surface area contributed by atoms with Gasteiger partial charge in [0.25, 0.3) is 0 Å². The van der Waals surface area contributed by atoms with E-state index in [2.05, 4.69) is 5.32 Å². The van der Waals surface area contributed by atoms with E-state index in [1.54, 1.807) is 0 Å². The zero-order chi connectivity index (χ0) is 13.7. The van der Waals surface area contributed by atoms with E-state index in [9.17, 15) is 13.6 Å². The second-order valence-corrected chi connectivity index (χ2v) is 4.39. The molecule has 3 nitrogen and oxygen atoms in total. The predicted molar refractivity (Wildman–Crippen MR) is 67.5 cm³/mol. The number of nitrogens with two attached hydrogens (primary N) is 1. The van der Waals surface area contributed by atoms with Crippen molar-refractivity contribution in [2.24, 2.45) is 5.73 Å². The Morgan fingerprint density at radius 1 is 1.50 bits per heavy atom. The van der Waals surface area contributed by atoms with E-state index in [0.29, 0.717) is 12.5 Å². The summed E-state index contributed by atoms with van der Waals surface area (Å²) in [6, 6.07) is 0.849. The van der Waals surface area contributed by atoms with Crippen LogP contribution >= 0.6 is 11.6 Å². The summed E-state index contributed by atoms with van der Waals surface area (Å²) in [5, 5.41) is 2.09. The number of rotatable bonds is 5. The highest BCUT2D eigenvalue weighted by molar-refractivity contribution is 6.33. The number of halogens is 3. The number of unbranched alkanes of at least 4 members (excludes halogenated alkanes) is 1. The van der Waals surface area contributed by atoms with Gasteiger partial charge in [-0.1, -0.05) is 31.4 Å². The van der Waals surface area contributed by atoms with Gasteiger partial charge in [0.2, 0.25) is 5.91 Å². The third-order valence-electron chi connectivity index (χ3n) is 2.46. The highest BCUT2D eigenvalue weighted by atomic mass is 35.5. The first-order valence-corrected chi connectivity index (χ1v) is 6.04. The van der Waals surface area contributed by atoms with Crippen LogP contribution in [0.4, 0.5) is 14.5 Å². The number of carbonyl (C=O) groups is 1. The Balaban J connectivity index is 2.76. The molecular weight excluding hydrogens is 262 g/mol. The lowest BCUT2D eigenvalue weighted by atomic mass is 10.1. The molecule has 0 spiro atoms. The number of benzene rings is 1. The fraction of sp³-hybridized carbons (Fsp3) is 0.417. The Bertz CT molecular complexity index is 417. The van der Waals surface area contributed by atoms with Gasteiger partial charge in [0.05, 0.1) is 16.8 Å². The van der Waals surface area contributed by atoms with Gasteiger partial charge in [0, 0.05) is 6.07 Å². The number of hydrogen-bond acceptors (Lipinski definition) is 2. The van der Waals surface area contributed by atoms with Gasteiger partial charge in [-0.2, -0.15) is 0 Å². The van der Waals surface area contributed by atoms with Gasteiger partial charge in [-0.25, -0.2) is 8.78 Å². The molecule has 1 amide bonds. The van der Waals surface area contributed by atoms with Crippen LogP contribution in [-0.2, 0) is 4.79 Å². The van der Waals surface area contributed by atoms with Crippen LogP contribution in [0.15, 0.2) is 12.1 Å². The van der Waals surface area contributed by atoms with E-state index in [4.69, 9.17) is 17.3 Å². The Kier molecular flexibility index (Phi) is 5.50. The summed E-state index contributed by atoms with van der Waals surface area (Å²) in [6.07, 6.45) is 2.21. The zero-order valence-electron chi connectivity index (χ0n) is 9.97. The highest BCUT2D eigenvalue weighted by Crippen LogP contribution is 2.26. The quantitative estimate of drug-likeness (QED) is 0.868. The molecule has 0 aliphatic heterocycles. The van der Waals surface area contributed by atoms with Crippen molar-refractivity contribution in [1.29, 1.82) is 0 Å². The summed E-state index contributed by atoms with van der Waals surface area (Å²) in [5.41, 5.74) is 5.39. The van der Waals surface area contributed by atoms with Crippen molar-refractivity contribution in [3.05, 3.63) is 28.8 Å². The summed E-state index contributed by atoms with van der Waals surface area (Å²) in [7, 11) is 0. The molecule has 18 heavy (non-hydrogen) atoms. The van der Waals surface area contributed by atoms with E-state index < -0.39 is 23.6 Å². The Labute approximate surface area is 109 Å². The smallest absolute Gasteiger partial charge is 0.241 e. The molecule has 1 unspecified atom stereocenters. The SMILES string of the molecule is CCCCC(N)C(=O)Nc1c(F)cc(F)cc1Cl. The standard InChI is InChI=1S/C12H15ClF2N2O/c1-2-3-4-10(16)12(18)17-11-8(13)5-7(14)6-9(11)15/h5-6,10H,2-4,16H2,1H3,(H,17,18). The van der Waals surface area contributed by atoms with E-state index in [0.717, 1.165) is 18.9 Å². The van der Waals surface area contributed by atoms with Crippen molar-refractivity contribution < 1.29 is 13.6 Å². The molecule has 0 saturated carbocycles. The summed E-state index contributed by atoms with van der Waals surface area (Å²) >= 11 is 5.65. The van der Waals surface area contributed by atoms with Gasteiger partial charge in [-0.15, -0.1) is 0 Å². The molecular formula is C12H15ClF2N2O. The van der Waals surface area contributed by atoms with Crippen LogP contribution < -0.4 is 11.1 Å². The maximum absolute atomic E-state index is 13.4. The van der Waals surface area contributed by atoms with E-state index in [-0.39, 0.29) is 10.7 Å². The summed E-state index contributed by atoms with van der Waals surface area (Å²) in [5.74, 6) is -2.25. The highest BCUT2D eigenvalue weighted by Gasteiger charge is 2.17. The van der Waals surface area contributed by atoms with Crippen molar-refractivity contribution in [3.8, 4) is 0 Å². The number of nitrogens with one attached hydrogen (secondary N) is 1. The van der Waals surface area contributed by atoms with Crippen LogP contribution in [0.2, 0.25) is 5.02 Å². The third kappa shape index (κ3) is 3.92. The maximum Gasteiger partial charge on any atom is 0.241 e. The predicted octanol–water partition coefficient (Wildman–Crippen LogP) is 3.07. The first-order valence-electron chi connectivity index (χ1n) is 5.66. The zero-order valence-corrected chi connectivity index (χ0v) is 10.7. The van der Waals surface area contributed by atoms with Crippen molar-refractivity contribution >= 4 is 23.2 Å². The van der Waals surface area contributed by atoms with Gasteiger partial charge in [-0.05, 0) is 12.5 Å². The second-order valence-electron chi connectivity index (χ2n) is 3.98. The molecule has 1 aromatic rings. The van der Waals surface area contributed by atoms with E-state index >= 15 is 0 Å². The molecule has 100 valence electrons. The molecule has 0 fully saturated rings. The van der Waals surface area contributed by atoms with Crippen molar-refractivity contribution in [2.45, 2.75) is 32.2 Å². The van der Waals surface area contributed by atoms with E-state index in [1.165, 1.54) is 0 Å². The first-order chi connectivity index (χ1) is 8.45. The topological polar surface area (TPSA) is 55.1 Å². The molecule has 0 saturated heterocycles. The summed E-state index contributed by atoms with van der Waals surface area (Å²) in [6.45, 7) is 1.97. The fourth-order valence-electron chi connectivity index (χ4n) is 1.43. The third-order valence-corrected chi connectivity index (χ3v) is 2.76. The minimum atomic E-state index is -0.920.